The quantitative estimate of drug-likeness (QED) is 0.692. The fourth-order valence-corrected chi connectivity index (χ4v) is 2.03. The van der Waals surface area contributed by atoms with Gasteiger partial charge in [0.05, 0.1) is 11.4 Å². The number of aromatic nitrogens is 2. The number of nitrogens with zero attached hydrogens (tertiary/aromatic N) is 2. The van der Waals surface area contributed by atoms with Crippen molar-refractivity contribution in [1.29, 1.82) is 0 Å². The lowest BCUT2D eigenvalue weighted by Gasteiger charge is -2.05. The van der Waals surface area contributed by atoms with E-state index in [2.05, 4.69) is 28.7 Å². The summed E-state index contributed by atoms with van der Waals surface area (Å²) in [6.07, 6.45) is 4.79. The van der Waals surface area contributed by atoms with Crippen LogP contribution in [-0.4, -0.2) is 28.3 Å². The number of carbonyl (C=O) groups is 1. The summed E-state index contributed by atoms with van der Waals surface area (Å²) >= 11 is 0. The number of aryl methyl sites for hydroxylation is 2. The number of hydrogen-bond acceptors (Lipinski definition) is 3. The summed E-state index contributed by atoms with van der Waals surface area (Å²) in [6.45, 7) is 3.79. The minimum absolute atomic E-state index is 0.193. The Morgan fingerprint density at radius 1 is 1.53 bits per heavy atom. The molecule has 0 saturated heterocycles. The summed E-state index contributed by atoms with van der Waals surface area (Å²) in [7, 11) is 1.97. The van der Waals surface area contributed by atoms with E-state index in [9.17, 15) is 4.79 Å². The van der Waals surface area contributed by atoms with Gasteiger partial charge in [0.1, 0.15) is 0 Å². The Morgan fingerprint density at radius 3 is 2.95 bits per heavy atom. The highest BCUT2D eigenvalue weighted by Gasteiger charge is 2.22. The van der Waals surface area contributed by atoms with Gasteiger partial charge < -0.3 is 10.6 Å². The van der Waals surface area contributed by atoms with E-state index in [0.29, 0.717) is 12.5 Å². The topological polar surface area (TPSA) is 59.0 Å². The maximum atomic E-state index is 11.5. The third kappa shape index (κ3) is 4.67. The van der Waals surface area contributed by atoms with Crippen molar-refractivity contribution in [2.24, 2.45) is 7.05 Å². The molecule has 0 atom stereocenters. The standard InChI is InChI=1S/C14H24N4O/c1-3-11-9-13(18(2)17-11)10-15-8-4-5-14(19)16-12-6-7-12/h9,12,15H,3-8,10H2,1-2H3,(H,16,19). The van der Waals surface area contributed by atoms with E-state index in [1.54, 1.807) is 0 Å². The van der Waals surface area contributed by atoms with E-state index in [1.807, 2.05) is 11.7 Å². The van der Waals surface area contributed by atoms with E-state index in [1.165, 1.54) is 5.69 Å². The molecule has 1 fully saturated rings. The molecule has 2 rings (SSSR count). The van der Waals surface area contributed by atoms with Gasteiger partial charge >= 0.3 is 0 Å². The van der Waals surface area contributed by atoms with Crippen molar-refractivity contribution in [3.8, 4) is 0 Å². The van der Waals surface area contributed by atoms with Crippen molar-refractivity contribution in [2.75, 3.05) is 6.54 Å². The van der Waals surface area contributed by atoms with Gasteiger partial charge in [-0.3, -0.25) is 9.48 Å². The lowest BCUT2D eigenvalue weighted by Crippen LogP contribution is -2.26. The summed E-state index contributed by atoms with van der Waals surface area (Å²) in [5.74, 6) is 0.193. The molecule has 5 heteroatoms. The molecular weight excluding hydrogens is 240 g/mol. The number of rotatable bonds is 8. The van der Waals surface area contributed by atoms with Crippen LogP contribution in [0, 0.1) is 0 Å². The Bertz CT molecular complexity index is 423. The SMILES string of the molecule is CCc1cc(CNCCCC(=O)NC2CC2)n(C)n1. The van der Waals surface area contributed by atoms with Crippen molar-refractivity contribution in [3.05, 3.63) is 17.5 Å². The minimum atomic E-state index is 0.193. The number of nitrogens with one attached hydrogen (secondary N) is 2. The van der Waals surface area contributed by atoms with Gasteiger partial charge in [0.2, 0.25) is 5.91 Å². The molecule has 0 unspecified atom stereocenters. The highest BCUT2D eigenvalue weighted by Crippen LogP contribution is 2.18. The van der Waals surface area contributed by atoms with Crippen molar-refractivity contribution in [2.45, 2.75) is 51.6 Å². The zero-order chi connectivity index (χ0) is 13.7. The summed E-state index contributed by atoms with van der Waals surface area (Å²) in [4.78, 5) is 11.5. The van der Waals surface area contributed by atoms with Crippen LogP contribution in [0.25, 0.3) is 0 Å². The predicted octanol–water partition coefficient (Wildman–Crippen LogP) is 1.13. The largest absolute Gasteiger partial charge is 0.353 e. The Labute approximate surface area is 114 Å². The van der Waals surface area contributed by atoms with E-state index in [4.69, 9.17) is 0 Å². The van der Waals surface area contributed by atoms with Gasteiger partial charge in [0.15, 0.2) is 0 Å². The summed E-state index contributed by atoms with van der Waals surface area (Å²) in [5, 5.41) is 10.8. The normalized spacial score (nSPS) is 14.6. The molecule has 1 aliphatic rings. The fraction of sp³-hybridized carbons (Fsp3) is 0.714. The number of carbonyl (C=O) groups excluding carboxylic acids is 1. The average Bonchev–Trinajstić information content (AvgIpc) is 3.12. The molecule has 2 N–H and O–H groups in total. The van der Waals surface area contributed by atoms with Crippen LogP contribution in [0.5, 0.6) is 0 Å². The Balaban J connectivity index is 1.57. The maximum Gasteiger partial charge on any atom is 0.220 e. The van der Waals surface area contributed by atoms with Gasteiger partial charge in [-0.1, -0.05) is 6.92 Å². The molecule has 0 aromatic carbocycles. The van der Waals surface area contributed by atoms with E-state index >= 15 is 0 Å². The lowest BCUT2D eigenvalue weighted by molar-refractivity contribution is -0.121. The molecular formula is C14H24N4O. The number of hydrogen-bond donors (Lipinski definition) is 2. The Hall–Kier alpha value is -1.36. The van der Waals surface area contributed by atoms with Crippen LogP contribution < -0.4 is 10.6 Å². The second-order valence-corrected chi connectivity index (χ2v) is 5.23. The highest BCUT2D eigenvalue weighted by molar-refractivity contribution is 5.76. The second kappa shape index (κ2) is 6.70. The molecule has 1 heterocycles. The van der Waals surface area contributed by atoms with Gasteiger partial charge in [0, 0.05) is 26.1 Å². The third-order valence-corrected chi connectivity index (χ3v) is 3.40. The van der Waals surface area contributed by atoms with Gasteiger partial charge in [-0.05, 0) is 38.3 Å². The van der Waals surface area contributed by atoms with E-state index in [0.717, 1.165) is 44.5 Å². The zero-order valence-electron chi connectivity index (χ0n) is 11.9. The van der Waals surface area contributed by atoms with Crippen LogP contribution in [0.15, 0.2) is 6.07 Å². The van der Waals surface area contributed by atoms with Crippen molar-refractivity contribution >= 4 is 5.91 Å². The zero-order valence-corrected chi connectivity index (χ0v) is 11.9. The molecule has 19 heavy (non-hydrogen) atoms. The van der Waals surface area contributed by atoms with Crippen LogP contribution in [0.1, 0.15) is 44.0 Å². The monoisotopic (exact) mass is 264 g/mol. The summed E-state index contributed by atoms with van der Waals surface area (Å²) in [5.41, 5.74) is 2.32. The summed E-state index contributed by atoms with van der Waals surface area (Å²) < 4.78 is 1.92. The Morgan fingerprint density at radius 2 is 2.32 bits per heavy atom. The van der Waals surface area contributed by atoms with Gasteiger partial charge in [-0.15, -0.1) is 0 Å². The number of amides is 1. The second-order valence-electron chi connectivity index (χ2n) is 5.23. The first-order valence-corrected chi connectivity index (χ1v) is 7.21. The molecule has 0 bridgehead atoms. The van der Waals surface area contributed by atoms with Crippen molar-refractivity contribution in [1.82, 2.24) is 20.4 Å². The van der Waals surface area contributed by atoms with Crippen LogP contribution in [0.4, 0.5) is 0 Å². The van der Waals surface area contributed by atoms with E-state index in [-0.39, 0.29) is 5.91 Å². The first-order valence-electron chi connectivity index (χ1n) is 7.21. The van der Waals surface area contributed by atoms with Crippen molar-refractivity contribution in [3.63, 3.8) is 0 Å². The lowest BCUT2D eigenvalue weighted by atomic mass is 10.2. The fourth-order valence-electron chi connectivity index (χ4n) is 2.03. The van der Waals surface area contributed by atoms with Crippen LogP contribution >= 0.6 is 0 Å². The first kappa shape index (κ1) is 14.1. The third-order valence-electron chi connectivity index (χ3n) is 3.40. The molecule has 1 aromatic rings. The predicted molar refractivity (Wildman–Crippen MR) is 74.7 cm³/mol. The van der Waals surface area contributed by atoms with Crippen LogP contribution in [0.3, 0.4) is 0 Å². The Kier molecular flexibility index (Phi) is 4.96. The minimum Gasteiger partial charge on any atom is -0.353 e. The van der Waals surface area contributed by atoms with E-state index < -0.39 is 0 Å². The summed E-state index contributed by atoms with van der Waals surface area (Å²) in [6, 6.07) is 2.61. The average molecular weight is 264 g/mol. The van der Waals surface area contributed by atoms with Gasteiger partial charge in [0.25, 0.3) is 0 Å². The highest BCUT2D eigenvalue weighted by atomic mass is 16.1. The van der Waals surface area contributed by atoms with Gasteiger partial charge in [-0.25, -0.2) is 0 Å². The van der Waals surface area contributed by atoms with Crippen LogP contribution in [0.2, 0.25) is 0 Å². The smallest absolute Gasteiger partial charge is 0.220 e. The van der Waals surface area contributed by atoms with Gasteiger partial charge in [-0.2, -0.15) is 5.10 Å². The molecule has 0 radical (unpaired) electrons. The molecule has 106 valence electrons. The molecule has 1 aromatic heterocycles. The molecule has 0 aliphatic heterocycles. The molecule has 0 spiro atoms. The molecule has 1 aliphatic carbocycles. The van der Waals surface area contributed by atoms with Crippen molar-refractivity contribution < 1.29 is 4.79 Å². The molecule has 1 amide bonds. The molecule has 1 saturated carbocycles. The van der Waals surface area contributed by atoms with Crippen LogP contribution in [-0.2, 0) is 24.8 Å². The molecule has 5 nitrogen and oxygen atoms in total. The first-order chi connectivity index (χ1) is 9.19. The maximum absolute atomic E-state index is 11.5.